The average molecular weight is 262 g/mol. The molecule has 5 nitrogen and oxygen atoms in total. The van der Waals surface area contributed by atoms with Gasteiger partial charge >= 0.3 is 0 Å². The maximum absolute atomic E-state index is 12.3. The molecule has 6 heteroatoms. The first kappa shape index (κ1) is 13.3. The van der Waals surface area contributed by atoms with Crippen molar-refractivity contribution in [3.8, 4) is 0 Å². The van der Waals surface area contributed by atoms with Crippen LogP contribution >= 0.6 is 0 Å². The van der Waals surface area contributed by atoms with E-state index < -0.39 is 10.0 Å². The molecular weight excluding hydrogens is 240 g/mol. The van der Waals surface area contributed by atoms with Crippen LogP contribution in [0.1, 0.15) is 32.1 Å². The van der Waals surface area contributed by atoms with Gasteiger partial charge in [-0.3, -0.25) is 0 Å². The van der Waals surface area contributed by atoms with E-state index in [1.165, 1.54) is 0 Å². The second-order valence-corrected chi connectivity index (χ2v) is 6.86. The summed E-state index contributed by atoms with van der Waals surface area (Å²) >= 11 is 0. The second-order valence-electron chi connectivity index (χ2n) is 4.90. The highest BCUT2D eigenvalue weighted by atomic mass is 32.2. The fourth-order valence-corrected chi connectivity index (χ4v) is 4.43. The highest BCUT2D eigenvalue weighted by Crippen LogP contribution is 2.28. The van der Waals surface area contributed by atoms with Crippen molar-refractivity contribution in [1.29, 1.82) is 0 Å². The molecule has 2 N–H and O–H groups in total. The predicted molar refractivity (Wildman–Crippen MR) is 66.2 cm³/mol. The van der Waals surface area contributed by atoms with E-state index in [1.807, 2.05) is 0 Å². The molecule has 17 heavy (non-hydrogen) atoms. The Morgan fingerprint density at radius 1 is 1.24 bits per heavy atom. The number of nitrogens with zero attached hydrogens (tertiary/aromatic N) is 1. The van der Waals surface area contributed by atoms with E-state index in [1.54, 1.807) is 4.31 Å². The van der Waals surface area contributed by atoms with Gasteiger partial charge in [0.05, 0.1) is 11.9 Å². The summed E-state index contributed by atoms with van der Waals surface area (Å²) in [5, 5.41) is 0. The molecule has 1 aliphatic heterocycles. The van der Waals surface area contributed by atoms with Crippen molar-refractivity contribution >= 4 is 10.0 Å². The summed E-state index contributed by atoms with van der Waals surface area (Å²) in [6.45, 7) is 1.53. The van der Waals surface area contributed by atoms with Crippen molar-refractivity contribution in [1.82, 2.24) is 4.31 Å². The zero-order valence-corrected chi connectivity index (χ0v) is 11.0. The van der Waals surface area contributed by atoms with Crippen molar-refractivity contribution in [3.63, 3.8) is 0 Å². The molecule has 0 aromatic rings. The van der Waals surface area contributed by atoms with Crippen molar-refractivity contribution < 1.29 is 13.2 Å². The van der Waals surface area contributed by atoms with Crippen molar-refractivity contribution in [2.75, 3.05) is 25.4 Å². The lowest BCUT2D eigenvalue weighted by Crippen LogP contribution is -2.48. The molecule has 100 valence electrons. The molecule has 0 spiro atoms. The maximum Gasteiger partial charge on any atom is 0.216 e. The van der Waals surface area contributed by atoms with Crippen LogP contribution in [0.5, 0.6) is 0 Å². The van der Waals surface area contributed by atoms with Gasteiger partial charge in [0.2, 0.25) is 10.0 Å². The quantitative estimate of drug-likeness (QED) is 0.747. The van der Waals surface area contributed by atoms with Crippen LogP contribution in [0.2, 0.25) is 0 Å². The van der Waals surface area contributed by atoms with Gasteiger partial charge < -0.3 is 10.5 Å². The topological polar surface area (TPSA) is 72.6 Å². The Morgan fingerprint density at radius 3 is 2.47 bits per heavy atom. The molecule has 0 radical (unpaired) electrons. The van der Waals surface area contributed by atoms with Crippen LogP contribution in [0.15, 0.2) is 0 Å². The molecule has 0 amide bonds. The Balaban J connectivity index is 1.98. The first-order valence-corrected chi connectivity index (χ1v) is 8.05. The van der Waals surface area contributed by atoms with Crippen molar-refractivity contribution in [3.05, 3.63) is 0 Å². The standard InChI is InChI=1S/C11H22N2O3S/c12-6-7-13(10-3-1-4-10)17(14,15)9-11-5-2-8-16-11/h10-11H,1-9,12H2. The summed E-state index contributed by atoms with van der Waals surface area (Å²) in [6.07, 6.45) is 4.80. The minimum atomic E-state index is -3.20. The van der Waals surface area contributed by atoms with Gasteiger partial charge in [0.25, 0.3) is 0 Å². The molecule has 2 aliphatic rings. The third-order valence-corrected chi connectivity index (χ3v) is 5.60. The SMILES string of the molecule is NCCN(C1CCC1)S(=O)(=O)CC1CCCO1. The molecule has 1 saturated carbocycles. The van der Waals surface area contributed by atoms with Crippen molar-refractivity contribution in [2.24, 2.45) is 5.73 Å². The number of sulfonamides is 1. The van der Waals surface area contributed by atoms with Crippen LogP contribution < -0.4 is 5.73 Å². The van der Waals surface area contributed by atoms with E-state index in [2.05, 4.69) is 0 Å². The van der Waals surface area contributed by atoms with Gasteiger partial charge in [-0.1, -0.05) is 6.42 Å². The molecule has 1 unspecified atom stereocenters. The fraction of sp³-hybridized carbons (Fsp3) is 1.00. The van der Waals surface area contributed by atoms with Gasteiger partial charge in [-0.2, -0.15) is 4.31 Å². The molecule has 0 aromatic heterocycles. The van der Waals surface area contributed by atoms with Gasteiger partial charge in [-0.15, -0.1) is 0 Å². The lowest BCUT2D eigenvalue weighted by atomic mass is 9.93. The normalized spacial score (nSPS) is 26.4. The zero-order valence-electron chi connectivity index (χ0n) is 10.2. The molecule has 1 aliphatic carbocycles. The van der Waals surface area contributed by atoms with E-state index in [-0.39, 0.29) is 17.9 Å². The predicted octanol–water partition coefficient (Wildman–Crippen LogP) is 0.308. The molecule has 1 saturated heterocycles. The van der Waals surface area contributed by atoms with Crippen LogP contribution in [0, 0.1) is 0 Å². The summed E-state index contributed by atoms with van der Waals surface area (Å²) in [4.78, 5) is 0. The third-order valence-electron chi connectivity index (χ3n) is 3.61. The molecular formula is C11H22N2O3S. The van der Waals surface area contributed by atoms with E-state index in [9.17, 15) is 8.42 Å². The van der Waals surface area contributed by atoms with Crippen LogP contribution in [-0.2, 0) is 14.8 Å². The maximum atomic E-state index is 12.3. The Labute approximate surface area is 103 Å². The number of rotatable bonds is 6. The summed E-state index contributed by atoms with van der Waals surface area (Å²) in [5.74, 6) is 0.128. The Kier molecular flexibility index (Phi) is 4.41. The third kappa shape index (κ3) is 3.19. The van der Waals surface area contributed by atoms with E-state index in [0.29, 0.717) is 19.7 Å². The molecule has 2 rings (SSSR count). The summed E-state index contributed by atoms with van der Waals surface area (Å²) in [6, 6.07) is 0.185. The van der Waals surface area contributed by atoms with Gasteiger partial charge in [-0.25, -0.2) is 8.42 Å². The fourth-order valence-electron chi connectivity index (χ4n) is 2.46. The van der Waals surface area contributed by atoms with E-state index in [0.717, 1.165) is 32.1 Å². The highest BCUT2D eigenvalue weighted by molar-refractivity contribution is 7.89. The second kappa shape index (κ2) is 5.65. The Hall–Kier alpha value is -0.170. The summed E-state index contributed by atoms with van der Waals surface area (Å²) < 4.78 is 31.6. The minimum Gasteiger partial charge on any atom is -0.377 e. The minimum absolute atomic E-state index is 0.111. The van der Waals surface area contributed by atoms with Crippen molar-refractivity contribution in [2.45, 2.75) is 44.2 Å². The van der Waals surface area contributed by atoms with Gasteiger partial charge in [0.15, 0.2) is 0 Å². The summed E-state index contributed by atoms with van der Waals surface area (Å²) in [7, 11) is -3.20. The zero-order chi connectivity index (χ0) is 12.3. The van der Waals surface area contributed by atoms with Gasteiger partial charge in [0.1, 0.15) is 0 Å². The Bertz CT molecular complexity index is 335. The molecule has 1 heterocycles. The first-order chi connectivity index (χ1) is 8.13. The van der Waals surface area contributed by atoms with Crippen LogP contribution in [0.4, 0.5) is 0 Å². The van der Waals surface area contributed by atoms with Crippen LogP contribution in [-0.4, -0.2) is 50.3 Å². The lowest BCUT2D eigenvalue weighted by Gasteiger charge is -2.36. The largest absolute Gasteiger partial charge is 0.377 e. The average Bonchev–Trinajstić information content (AvgIpc) is 2.66. The number of ether oxygens (including phenoxy) is 1. The summed E-state index contributed by atoms with van der Waals surface area (Å²) in [5.41, 5.74) is 5.51. The monoisotopic (exact) mass is 262 g/mol. The highest BCUT2D eigenvalue weighted by Gasteiger charge is 2.35. The smallest absolute Gasteiger partial charge is 0.216 e. The number of hydrogen-bond donors (Lipinski definition) is 1. The molecule has 2 fully saturated rings. The van der Waals surface area contributed by atoms with Crippen LogP contribution in [0.3, 0.4) is 0 Å². The Morgan fingerprint density at radius 2 is 2.00 bits per heavy atom. The molecule has 0 bridgehead atoms. The van der Waals surface area contributed by atoms with Gasteiger partial charge in [-0.05, 0) is 25.7 Å². The van der Waals surface area contributed by atoms with Gasteiger partial charge in [0, 0.05) is 25.7 Å². The van der Waals surface area contributed by atoms with Crippen LogP contribution in [0.25, 0.3) is 0 Å². The molecule has 0 aromatic carbocycles. The van der Waals surface area contributed by atoms with E-state index in [4.69, 9.17) is 10.5 Å². The molecule has 1 atom stereocenters. The first-order valence-electron chi connectivity index (χ1n) is 6.44. The van der Waals surface area contributed by atoms with E-state index >= 15 is 0 Å². The number of nitrogens with two attached hydrogens (primary N) is 1. The lowest BCUT2D eigenvalue weighted by molar-refractivity contribution is 0.125. The number of hydrogen-bond acceptors (Lipinski definition) is 4.